The van der Waals surface area contributed by atoms with Crippen molar-refractivity contribution in [2.75, 3.05) is 6.61 Å². The van der Waals surface area contributed by atoms with Crippen LogP contribution in [0.1, 0.15) is 19.8 Å². The fourth-order valence-corrected chi connectivity index (χ4v) is 1.65. The van der Waals surface area contributed by atoms with E-state index in [0.29, 0.717) is 24.4 Å². The van der Waals surface area contributed by atoms with Gasteiger partial charge in [0.2, 0.25) is 0 Å². The third-order valence-corrected chi connectivity index (χ3v) is 2.79. The molecule has 1 unspecified atom stereocenters. The summed E-state index contributed by atoms with van der Waals surface area (Å²) in [7, 11) is 0. The number of hydrogen-bond acceptors (Lipinski definition) is 4. The highest BCUT2D eigenvalue weighted by atomic mass is 16.5. The third kappa shape index (κ3) is 3.11. The molecule has 0 aliphatic heterocycles. The van der Waals surface area contributed by atoms with Crippen LogP contribution in [0.25, 0.3) is 11.0 Å². The molecule has 0 amide bonds. The Kier molecular flexibility index (Phi) is 3.99. The van der Waals surface area contributed by atoms with Crippen LogP contribution in [0.3, 0.4) is 0 Å². The SMILES string of the molecule is CCC(O)CCOc1ccc2ccc(=O)oc2c1. The molecule has 4 nitrogen and oxygen atoms in total. The summed E-state index contributed by atoms with van der Waals surface area (Å²) in [5.41, 5.74) is 0.136. The highest BCUT2D eigenvalue weighted by Crippen LogP contribution is 2.19. The molecule has 0 aliphatic rings. The van der Waals surface area contributed by atoms with Gasteiger partial charge in [-0.25, -0.2) is 4.79 Å². The van der Waals surface area contributed by atoms with E-state index in [1.807, 2.05) is 19.1 Å². The molecule has 2 rings (SSSR count). The molecule has 1 heterocycles. The average molecular weight is 248 g/mol. The zero-order valence-corrected chi connectivity index (χ0v) is 10.3. The van der Waals surface area contributed by atoms with Crippen LogP contribution in [-0.2, 0) is 0 Å². The minimum atomic E-state index is -0.374. The molecule has 0 saturated carbocycles. The molecule has 1 aromatic heterocycles. The largest absolute Gasteiger partial charge is 0.493 e. The molecule has 0 bridgehead atoms. The second-order valence-corrected chi connectivity index (χ2v) is 4.15. The van der Waals surface area contributed by atoms with Crippen molar-refractivity contribution in [3.8, 4) is 5.75 Å². The van der Waals surface area contributed by atoms with Crippen LogP contribution in [-0.4, -0.2) is 17.8 Å². The maximum absolute atomic E-state index is 11.1. The van der Waals surface area contributed by atoms with E-state index in [-0.39, 0.29) is 11.7 Å². The van der Waals surface area contributed by atoms with Gasteiger partial charge >= 0.3 is 5.63 Å². The maximum atomic E-state index is 11.1. The summed E-state index contributed by atoms with van der Waals surface area (Å²) in [4.78, 5) is 11.1. The molecule has 4 heteroatoms. The summed E-state index contributed by atoms with van der Waals surface area (Å²) in [6, 6.07) is 8.45. The average Bonchev–Trinajstić information content (AvgIpc) is 2.38. The summed E-state index contributed by atoms with van der Waals surface area (Å²) in [6.45, 7) is 2.37. The Morgan fingerprint density at radius 2 is 2.11 bits per heavy atom. The third-order valence-electron chi connectivity index (χ3n) is 2.79. The van der Waals surface area contributed by atoms with Crippen molar-refractivity contribution >= 4 is 11.0 Å². The molecular weight excluding hydrogens is 232 g/mol. The zero-order chi connectivity index (χ0) is 13.0. The molecule has 2 aromatic rings. The van der Waals surface area contributed by atoms with Crippen LogP contribution in [0.2, 0.25) is 0 Å². The monoisotopic (exact) mass is 248 g/mol. The van der Waals surface area contributed by atoms with Crippen molar-refractivity contribution in [2.24, 2.45) is 0 Å². The number of aliphatic hydroxyl groups is 1. The molecule has 1 aromatic carbocycles. The number of hydrogen-bond donors (Lipinski definition) is 1. The Bertz CT molecular complexity index is 573. The topological polar surface area (TPSA) is 59.7 Å². The summed E-state index contributed by atoms with van der Waals surface area (Å²) < 4.78 is 10.6. The molecule has 0 radical (unpaired) electrons. The van der Waals surface area contributed by atoms with Crippen LogP contribution >= 0.6 is 0 Å². The number of ether oxygens (including phenoxy) is 1. The van der Waals surface area contributed by atoms with E-state index in [2.05, 4.69) is 0 Å². The fraction of sp³-hybridized carbons (Fsp3) is 0.357. The first-order valence-corrected chi connectivity index (χ1v) is 6.04. The van der Waals surface area contributed by atoms with Gasteiger partial charge in [-0.05, 0) is 24.6 Å². The van der Waals surface area contributed by atoms with Gasteiger partial charge in [-0.3, -0.25) is 0 Å². The van der Waals surface area contributed by atoms with Crippen molar-refractivity contribution in [3.63, 3.8) is 0 Å². The van der Waals surface area contributed by atoms with E-state index < -0.39 is 0 Å². The predicted molar refractivity (Wildman–Crippen MR) is 68.9 cm³/mol. The van der Waals surface area contributed by atoms with Crippen LogP contribution in [0, 0.1) is 0 Å². The Balaban J connectivity index is 2.07. The lowest BCUT2D eigenvalue weighted by molar-refractivity contribution is 0.135. The first-order valence-electron chi connectivity index (χ1n) is 6.04. The van der Waals surface area contributed by atoms with E-state index in [1.165, 1.54) is 6.07 Å². The van der Waals surface area contributed by atoms with Crippen LogP contribution in [0.4, 0.5) is 0 Å². The van der Waals surface area contributed by atoms with Gasteiger partial charge in [-0.15, -0.1) is 0 Å². The second-order valence-electron chi connectivity index (χ2n) is 4.15. The van der Waals surface area contributed by atoms with Crippen molar-refractivity contribution in [3.05, 3.63) is 40.8 Å². The normalized spacial score (nSPS) is 12.6. The van der Waals surface area contributed by atoms with Crippen LogP contribution in [0.15, 0.2) is 39.5 Å². The minimum absolute atomic E-state index is 0.330. The van der Waals surface area contributed by atoms with Crippen LogP contribution < -0.4 is 10.4 Å². The number of rotatable bonds is 5. The number of aliphatic hydroxyl groups excluding tert-OH is 1. The van der Waals surface area contributed by atoms with Gasteiger partial charge in [0.1, 0.15) is 11.3 Å². The standard InChI is InChI=1S/C14H16O4/c1-2-11(15)7-8-17-12-5-3-10-4-6-14(16)18-13(10)9-12/h3-6,9,11,15H,2,7-8H2,1H3. The molecular formula is C14H16O4. The van der Waals surface area contributed by atoms with Gasteiger partial charge in [-0.1, -0.05) is 6.92 Å². The van der Waals surface area contributed by atoms with E-state index in [9.17, 15) is 9.90 Å². The Hall–Kier alpha value is -1.81. The van der Waals surface area contributed by atoms with Crippen molar-refractivity contribution < 1.29 is 14.3 Å². The summed E-state index contributed by atoms with van der Waals surface area (Å²) in [5.74, 6) is 0.639. The van der Waals surface area contributed by atoms with Gasteiger partial charge in [0.05, 0.1) is 12.7 Å². The van der Waals surface area contributed by atoms with E-state index in [4.69, 9.17) is 9.15 Å². The second kappa shape index (κ2) is 5.69. The first kappa shape index (κ1) is 12.6. The van der Waals surface area contributed by atoms with Gasteiger partial charge in [0.25, 0.3) is 0 Å². The van der Waals surface area contributed by atoms with Crippen molar-refractivity contribution in [2.45, 2.75) is 25.9 Å². The highest BCUT2D eigenvalue weighted by Gasteiger charge is 2.03. The highest BCUT2D eigenvalue weighted by molar-refractivity contribution is 5.77. The summed E-state index contributed by atoms with van der Waals surface area (Å²) in [5, 5.41) is 10.3. The molecule has 0 fully saturated rings. The Morgan fingerprint density at radius 3 is 2.89 bits per heavy atom. The fourth-order valence-electron chi connectivity index (χ4n) is 1.65. The molecule has 1 atom stereocenters. The lowest BCUT2D eigenvalue weighted by Crippen LogP contribution is -2.10. The van der Waals surface area contributed by atoms with Crippen molar-refractivity contribution in [1.82, 2.24) is 0 Å². The molecule has 0 saturated heterocycles. The zero-order valence-electron chi connectivity index (χ0n) is 10.3. The molecule has 1 N–H and O–H groups in total. The van der Waals surface area contributed by atoms with Gasteiger partial charge in [0.15, 0.2) is 0 Å². The Morgan fingerprint density at radius 1 is 1.33 bits per heavy atom. The van der Waals surface area contributed by atoms with Crippen LogP contribution in [0.5, 0.6) is 5.75 Å². The smallest absolute Gasteiger partial charge is 0.336 e. The molecule has 0 aliphatic carbocycles. The predicted octanol–water partition coefficient (Wildman–Crippen LogP) is 2.33. The first-order chi connectivity index (χ1) is 8.69. The number of fused-ring (bicyclic) bond motifs is 1. The molecule has 18 heavy (non-hydrogen) atoms. The van der Waals surface area contributed by atoms with Crippen molar-refractivity contribution in [1.29, 1.82) is 0 Å². The lowest BCUT2D eigenvalue weighted by atomic mass is 10.2. The number of benzene rings is 1. The Labute approximate surface area is 105 Å². The lowest BCUT2D eigenvalue weighted by Gasteiger charge is -2.09. The quantitative estimate of drug-likeness (QED) is 0.825. The van der Waals surface area contributed by atoms with E-state index in [1.54, 1.807) is 12.1 Å². The molecule has 96 valence electrons. The van der Waals surface area contributed by atoms with Gasteiger partial charge in [-0.2, -0.15) is 0 Å². The molecule has 0 spiro atoms. The van der Waals surface area contributed by atoms with Gasteiger partial charge < -0.3 is 14.3 Å². The van der Waals surface area contributed by atoms with E-state index >= 15 is 0 Å². The maximum Gasteiger partial charge on any atom is 0.336 e. The van der Waals surface area contributed by atoms with Gasteiger partial charge in [0, 0.05) is 23.9 Å². The minimum Gasteiger partial charge on any atom is -0.493 e. The summed E-state index contributed by atoms with van der Waals surface area (Å²) in [6.07, 6.45) is 0.979. The summed E-state index contributed by atoms with van der Waals surface area (Å²) >= 11 is 0. The van der Waals surface area contributed by atoms with E-state index in [0.717, 1.165) is 11.8 Å².